The van der Waals surface area contributed by atoms with Crippen LogP contribution in [0.25, 0.3) is 0 Å². The van der Waals surface area contributed by atoms with Gasteiger partial charge in [0.25, 0.3) is 0 Å². The van der Waals surface area contributed by atoms with Crippen LogP contribution >= 0.6 is 11.8 Å². The van der Waals surface area contributed by atoms with E-state index in [0.29, 0.717) is 17.2 Å². The molecule has 0 radical (unpaired) electrons. The molecule has 1 spiro atoms. The lowest BCUT2D eigenvalue weighted by Crippen LogP contribution is -2.44. The number of hydrogen-bond donors (Lipinski definition) is 1. The number of rotatable bonds is 3. The fraction of sp³-hybridized carbons (Fsp3) is 0.545. The van der Waals surface area contributed by atoms with Gasteiger partial charge in [0.05, 0.1) is 17.7 Å². The summed E-state index contributed by atoms with van der Waals surface area (Å²) < 4.78 is 0. The number of carbonyl (C=O) groups excluding carboxylic acids is 2. The van der Waals surface area contributed by atoms with Crippen molar-refractivity contribution >= 4 is 34.4 Å². The smallest absolute Gasteiger partial charge is 0.227 e. The minimum absolute atomic E-state index is 0.0494. The molecule has 2 fully saturated rings. The molecular formula is C22H27N5O2S. The fourth-order valence-corrected chi connectivity index (χ4v) is 5.85. The predicted octanol–water partition coefficient (Wildman–Crippen LogP) is 2.37. The average Bonchev–Trinajstić information content (AvgIpc) is 3.22. The number of likely N-dealkylation sites (tertiary alicyclic amines) is 1. The number of amides is 2. The third-order valence-corrected chi connectivity index (χ3v) is 7.67. The Hall–Kier alpha value is -2.37. The van der Waals surface area contributed by atoms with Gasteiger partial charge in [0, 0.05) is 37.4 Å². The number of benzene rings is 1. The van der Waals surface area contributed by atoms with Crippen molar-refractivity contribution < 1.29 is 9.59 Å². The second-order valence-corrected chi connectivity index (χ2v) is 9.86. The number of amidine groups is 1. The molecular weight excluding hydrogens is 398 g/mol. The molecule has 30 heavy (non-hydrogen) atoms. The van der Waals surface area contributed by atoms with Crippen LogP contribution in [0.1, 0.15) is 38.7 Å². The molecule has 0 aliphatic carbocycles. The molecule has 3 aliphatic heterocycles. The highest BCUT2D eigenvalue weighted by Gasteiger charge is 2.45. The van der Waals surface area contributed by atoms with Gasteiger partial charge in [-0.1, -0.05) is 11.8 Å². The van der Waals surface area contributed by atoms with E-state index in [1.165, 1.54) is 6.92 Å². The van der Waals surface area contributed by atoms with E-state index in [4.69, 9.17) is 5.26 Å². The summed E-state index contributed by atoms with van der Waals surface area (Å²) in [6, 6.07) is 9.60. The second kappa shape index (κ2) is 8.40. The molecule has 0 bridgehead atoms. The van der Waals surface area contributed by atoms with Crippen molar-refractivity contribution in [3.8, 4) is 6.07 Å². The maximum absolute atomic E-state index is 12.7. The van der Waals surface area contributed by atoms with E-state index in [0.717, 1.165) is 49.9 Å². The third kappa shape index (κ3) is 4.37. The normalized spacial score (nSPS) is 26.0. The summed E-state index contributed by atoms with van der Waals surface area (Å²) in [7, 11) is 0. The SMILES string of the molecule is CC(=O)NC1=NC(C)C(CN2CCC3(CC2)CC(=O)N(c2ccc(C#N)cc2)C3)S1. The molecule has 0 saturated carbocycles. The standard InChI is InChI=1S/C22H27N5O2S/c1-15-19(30-21(24-15)25-16(2)28)13-26-9-7-22(8-10-26)11-20(29)27(14-22)18-5-3-17(12-23)4-6-18/h3-6,15,19H,7-11,13-14H2,1-2H3,(H,24,25,28). The summed E-state index contributed by atoms with van der Waals surface area (Å²) in [4.78, 5) is 32.9. The summed E-state index contributed by atoms with van der Waals surface area (Å²) in [5.74, 6) is 0.105. The molecule has 8 heteroatoms. The second-order valence-electron chi connectivity index (χ2n) is 8.63. The Labute approximate surface area is 181 Å². The topological polar surface area (TPSA) is 88.8 Å². The van der Waals surface area contributed by atoms with Crippen molar-refractivity contribution in [1.82, 2.24) is 10.2 Å². The molecule has 2 atom stereocenters. The Balaban J connectivity index is 1.32. The minimum atomic E-state index is -0.0771. The van der Waals surface area contributed by atoms with Crippen molar-refractivity contribution in [3.05, 3.63) is 29.8 Å². The highest BCUT2D eigenvalue weighted by molar-refractivity contribution is 8.14. The van der Waals surface area contributed by atoms with E-state index in [9.17, 15) is 9.59 Å². The van der Waals surface area contributed by atoms with Crippen LogP contribution in [0, 0.1) is 16.7 Å². The first-order valence-electron chi connectivity index (χ1n) is 10.4. The van der Waals surface area contributed by atoms with Crippen LogP contribution in [-0.4, -0.2) is 59.4 Å². The van der Waals surface area contributed by atoms with Crippen LogP contribution in [-0.2, 0) is 9.59 Å². The quantitative estimate of drug-likeness (QED) is 0.803. The van der Waals surface area contributed by atoms with Crippen molar-refractivity contribution in [1.29, 1.82) is 5.26 Å². The maximum Gasteiger partial charge on any atom is 0.227 e. The van der Waals surface area contributed by atoms with Gasteiger partial charge in [-0.2, -0.15) is 5.26 Å². The monoisotopic (exact) mass is 425 g/mol. The number of carbonyl (C=O) groups is 2. The Morgan fingerprint density at radius 1 is 1.33 bits per heavy atom. The van der Waals surface area contributed by atoms with Gasteiger partial charge in [-0.3, -0.25) is 14.6 Å². The molecule has 0 aromatic heterocycles. The zero-order valence-corrected chi connectivity index (χ0v) is 18.2. The van der Waals surface area contributed by atoms with E-state index < -0.39 is 0 Å². The Morgan fingerprint density at radius 3 is 2.67 bits per heavy atom. The van der Waals surface area contributed by atoms with Crippen LogP contribution in [0.2, 0.25) is 0 Å². The minimum Gasteiger partial charge on any atom is -0.312 e. The van der Waals surface area contributed by atoms with Crippen LogP contribution < -0.4 is 10.2 Å². The molecule has 1 N–H and O–H groups in total. The molecule has 1 aromatic carbocycles. The summed E-state index contributed by atoms with van der Waals surface area (Å²) in [6.45, 7) is 7.28. The lowest BCUT2D eigenvalue weighted by Gasteiger charge is -2.39. The van der Waals surface area contributed by atoms with Gasteiger partial charge >= 0.3 is 0 Å². The van der Waals surface area contributed by atoms with Gasteiger partial charge in [0.1, 0.15) is 0 Å². The van der Waals surface area contributed by atoms with Crippen molar-refractivity contribution in [2.24, 2.45) is 10.4 Å². The van der Waals surface area contributed by atoms with Crippen LogP contribution in [0.4, 0.5) is 5.69 Å². The first-order chi connectivity index (χ1) is 14.4. The van der Waals surface area contributed by atoms with Gasteiger partial charge in [-0.15, -0.1) is 0 Å². The zero-order chi connectivity index (χ0) is 21.3. The third-order valence-electron chi connectivity index (χ3n) is 6.39. The van der Waals surface area contributed by atoms with Crippen LogP contribution in [0.15, 0.2) is 29.3 Å². The van der Waals surface area contributed by atoms with Crippen molar-refractivity contribution in [3.63, 3.8) is 0 Å². The molecule has 1 aromatic rings. The number of piperidine rings is 1. The van der Waals surface area contributed by atoms with E-state index in [2.05, 4.69) is 28.2 Å². The Morgan fingerprint density at radius 2 is 2.03 bits per heavy atom. The Bertz CT molecular complexity index is 899. The maximum atomic E-state index is 12.7. The van der Waals surface area contributed by atoms with E-state index in [-0.39, 0.29) is 23.3 Å². The highest BCUT2D eigenvalue weighted by atomic mass is 32.2. The highest BCUT2D eigenvalue weighted by Crippen LogP contribution is 2.43. The zero-order valence-electron chi connectivity index (χ0n) is 17.4. The summed E-state index contributed by atoms with van der Waals surface area (Å²) >= 11 is 1.66. The largest absolute Gasteiger partial charge is 0.312 e. The first-order valence-corrected chi connectivity index (χ1v) is 11.3. The van der Waals surface area contributed by atoms with Gasteiger partial charge in [-0.25, -0.2) is 0 Å². The molecule has 158 valence electrons. The molecule has 3 heterocycles. The van der Waals surface area contributed by atoms with E-state index in [1.54, 1.807) is 23.9 Å². The molecule has 3 aliphatic rings. The van der Waals surface area contributed by atoms with Gasteiger partial charge in [-0.05, 0) is 62.5 Å². The molecule has 2 unspecified atom stereocenters. The van der Waals surface area contributed by atoms with E-state index >= 15 is 0 Å². The molecule has 2 saturated heterocycles. The number of nitrogens with zero attached hydrogens (tertiary/aromatic N) is 4. The van der Waals surface area contributed by atoms with Crippen molar-refractivity contribution in [2.75, 3.05) is 31.1 Å². The van der Waals surface area contributed by atoms with Crippen LogP contribution in [0.3, 0.4) is 0 Å². The molecule has 7 nitrogen and oxygen atoms in total. The van der Waals surface area contributed by atoms with Crippen LogP contribution in [0.5, 0.6) is 0 Å². The first kappa shape index (κ1) is 20.9. The summed E-state index contributed by atoms with van der Waals surface area (Å²) in [5.41, 5.74) is 1.54. The molecule has 2 amide bonds. The summed E-state index contributed by atoms with van der Waals surface area (Å²) in [5, 5.41) is 12.9. The van der Waals surface area contributed by atoms with Gasteiger partial charge < -0.3 is 15.1 Å². The number of hydrogen-bond acceptors (Lipinski definition) is 6. The lowest BCUT2D eigenvalue weighted by atomic mass is 9.77. The van der Waals surface area contributed by atoms with E-state index in [1.807, 2.05) is 17.0 Å². The number of nitriles is 1. The number of thioether (sulfide) groups is 1. The number of nitrogens with one attached hydrogen (secondary N) is 1. The lowest BCUT2D eigenvalue weighted by molar-refractivity contribution is -0.118. The average molecular weight is 426 g/mol. The van der Waals surface area contributed by atoms with Gasteiger partial charge in [0.15, 0.2) is 5.17 Å². The molecule has 4 rings (SSSR count). The number of aliphatic imine (C=N–C) groups is 1. The fourth-order valence-electron chi connectivity index (χ4n) is 4.59. The van der Waals surface area contributed by atoms with Gasteiger partial charge in [0.2, 0.25) is 11.8 Å². The number of anilines is 1. The van der Waals surface area contributed by atoms with Crippen molar-refractivity contribution in [2.45, 2.75) is 44.4 Å². The Kier molecular flexibility index (Phi) is 5.85. The predicted molar refractivity (Wildman–Crippen MR) is 118 cm³/mol. The summed E-state index contributed by atoms with van der Waals surface area (Å²) in [6.07, 6.45) is 2.62.